The third kappa shape index (κ3) is 1.46. The number of carbonyl (C=O) groups excluding carboxylic acids is 1. The topological polar surface area (TPSA) is 29.5 Å². The van der Waals surface area contributed by atoms with E-state index in [1.807, 2.05) is 18.7 Å². The molecule has 0 aromatic rings. The molecule has 0 radical (unpaired) electrons. The van der Waals surface area contributed by atoms with Crippen LogP contribution in [-0.2, 0) is 9.53 Å². The molecule has 0 N–H and O–H groups in total. The molecule has 1 aliphatic heterocycles. The molecule has 1 rings (SSSR count). The first-order valence-corrected chi connectivity index (χ1v) is 4.36. The van der Waals surface area contributed by atoms with Crippen molar-refractivity contribution in [3.05, 3.63) is 0 Å². The Morgan fingerprint density at radius 2 is 2.17 bits per heavy atom. The van der Waals surface area contributed by atoms with Gasteiger partial charge in [0.05, 0.1) is 0 Å². The van der Waals surface area contributed by atoms with Crippen LogP contribution in [0.3, 0.4) is 0 Å². The van der Waals surface area contributed by atoms with Crippen LogP contribution in [0.4, 0.5) is 0 Å². The predicted molar refractivity (Wildman–Crippen MR) is 46.6 cm³/mol. The highest BCUT2D eigenvalue weighted by Crippen LogP contribution is 2.27. The van der Waals surface area contributed by atoms with Crippen molar-refractivity contribution in [1.29, 1.82) is 0 Å². The summed E-state index contributed by atoms with van der Waals surface area (Å²) in [6.07, 6.45) is 1.61. The Labute approximate surface area is 73.7 Å². The zero-order valence-electron chi connectivity index (χ0n) is 8.26. The molecule has 1 amide bonds. The highest BCUT2D eigenvalue weighted by Gasteiger charge is 2.38. The summed E-state index contributed by atoms with van der Waals surface area (Å²) in [5.74, 6) is 0.203. The molecule has 0 spiro atoms. The fraction of sp³-hybridized carbons (Fsp3) is 0.889. The van der Waals surface area contributed by atoms with Crippen LogP contribution in [0.25, 0.3) is 0 Å². The number of carbonyl (C=O) groups is 1. The van der Waals surface area contributed by atoms with Crippen molar-refractivity contribution >= 4 is 5.91 Å². The molecule has 1 fully saturated rings. The summed E-state index contributed by atoms with van der Waals surface area (Å²) in [4.78, 5) is 13.3. The third-order valence-corrected chi connectivity index (χ3v) is 2.57. The number of amides is 1. The average Bonchev–Trinajstić information content (AvgIpc) is 2.31. The van der Waals surface area contributed by atoms with Crippen LogP contribution >= 0.6 is 0 Å². The number of ether oxygens (including phenoxy) is 1. The first kappa shape index (κ1) is 9.52. The van der Waals surface area contributed by atoms with Gasteiger partial charge < -0.3 is 9.64 Å². The smallest absolute Gasteiger partial charge is 0.225 e. The van der Waals surface area contributed by atoms with E-state index in [0.717, 1.165) is 6.42 Å². The van der Waals surface area contributed by atoms with Crippen LogP contribution in [0.2, 0.25) is 0 Å². The normalized spacial score (nSPS) is 25.2. The lowest BCUT2D eigenvalue weighted by atomic mass is 10.2. The van der Waals surface area contributed by atoms with E-state index in [-0.39, 0.29) is 5.91 Å². The number of rotatable bonds is 2. The molecular weight excluding hydrogens is 154 g/mol. The van der Waals surface area contributed by atoms with Crippen molar-refractivity contribution in [3.8, 4) is 0 Å². The van der Waals surface area contributed by atoms with Crippen LogP contribution in [-0.4, -0.2) is 29.7 Å². The summed E-state index contributed by atoms with van der Waals surface area (Å²) in [5.41, 5.74) is -0.451. The number of hydrogen-bond acceptors (Lipinski definition) is 2. The van der Waals surface area contributed by atoms with Crippen LogP contribution in [0, 0.1) is 0 Å². The minimum atomic E-state index is -0.451. The van der Waals surface area contributed by atoms with E-state index in [1.54, 1.807) is 7.11 Å². The van der Waals surface area contributed by atoms with Crippen molar-refractivity contribution in [2.45, 2.75) is 45.4 Å². The molecule has 12 heavy (non-hydrogen) atoms. The van der Waals surface area contributed by atoms with Crippen molar-refractivity contribution in [2.24, 2.45) is 0 Å². The first-order valence-electron chi connectivity index (χ1n) is 4.36. The van der Waals surface area contributed by atoms with E-state index in [9.17, 15) is 4.79 Å². The molecule has 0 bridgehead atoms. The van der Waals surface area contributed by atoms with Gasteiger partial charge in [0.2, 0.25) is 5.91 Å². The molecule has 3 nitrogen and oxygen atoms in total. The summed E-state index contributed by atoms with van der Waals surface area (Å²) in [5, 5.41) is 0. The fourth-order valence-electron chi connectivity index (χ4n) is 1.76. The fourth-order valence-corrected chi connectivity index (χ4v) is 1.76. The van der Waals surface area contributed by atoms with E-state index >= 15 is 0 Å². The second-order valence-corrected chi connectivity index (χ2v) is 3.80. The molecule has 1 atom stereocenters. The lowest BCUT2D eigenvalue weighted by Gasteiger charge is -2.37. The monoisotopic (exact) mass is 171 g/mol. The molecule has 0 aromatic carbocycles. The third-order valence-electron chi connectivity index (χ3n) is 2.57. The van der Waals surface area contributed by atoms with E-state index in [2.05, 4.69) is 6.92 Å². The minimum absolute atomic E-state index is 0.203. The van der Waals surface area contributed by atoms with Gasteiger partial charge in [0.15, 0.2) is 0 Å². The van der Waals surface area contributed by atoms with Crippen molar-refractivity contribution in [2.75, 3.05) is 7.11 Å². The molecule has 1 unspecified atom stereocenters. The maximum absolute atomic E-state index is 11.4. The Morgan fingerprint density at radius 1 is 1.58 bits per heavy atom. The average molecular weight is 171 g/mol. The largest absolute Gasteiger partial charge is 0.359 e. The highest BCUT2D eigenvalue weighted by atomic mass is 16.5. The molecule has 0 saturated carbocycles. The van der Waals surface area contributed by atoms with Crippen LogP contribution in [0.15, 0.2) is 0 Å². The lowest BCUT2D eigenvalue weighted by Crippen LogP contribution is -2.49. The van der Waals surface area contributed by atoms with Gasteiger partial charge in [0.25, 0.3) is 0 Å². The summed E-state index contributed by atoms with van der Waals surface area (Å²) in [6.45, 7) is 5.91. The lowest BCUT2D eigenvalue weighted by molar-refractivity contribution is -0.157. The van der Waals surface area contributed by atoms with Crippen molar-refractivity contribution in [3.63, 3.8) is 0 Å². The highest BCUT2D eigenvalue weighted by molar-refractivity contribution is 5.79. The van der Waals surface area contributed by atoms with Gasteiger partial charge in [-0.05, 0) is 27.2 Å². The Balaban J connectivity index is 2.78. The predicted octanol–water partition coefficient (Wildman–Crippen LogP) is 1.38. The summed E-state index contributed by atoms with van der Waals surface area (Å²) in [7, 11) is 1.64. The molecule has 0 aromatic heterocycles. The Hall–Kier alpha value is -0.570. The Kier molecular flexibility index (Phi) is 2.42. The summed E-state index contributed by atoms with van der Waals surface area (Å²) >= 11 is 0. The van der Waals surface area contributed by atoms with Crippen molar-refractivity contribution in [1.82, 2.24) is 4.90 Å². The second-order valence-electron chi connectivity index (χ2n) is 3.80. The molecule has 1 aliphatic rings. The van der Waals surface area contributed by atoms with E-state index in [4.69, 9.17) is 4.74 Å². The zero-order chi connectivity index (χ0) is 9.35. The van der Waals surface area contributed by atoms with Crippen LogP contribution in [0.5, 0.6) is 0 Å². The molecule has 3 heteroatoms. The molecule has 70 valence electrons. The second kappa shape index (κ2) is 3.05. The summed E-state index contributed by atoms with van der Waals surface area (Å²) in [6, 6.07) is 0.312. The summed E-state index contributed by atoms with van der Waals surface area (Å²) < 4.78 is 5.27. The zero-order valence-corrected chi connectivity index (χ0v) is 8.26. The maximum atomic E-state index is 11.4. The van der Waals surface area contributed by atoms with Crippen LogP contribution in [0.1, 0.15) is 33.6 Å². The van der Waals surface area contributed by atoms with Gasteiger partial charge >= 0.3 is 0 Å². The van der Waals surface area contributed by atoms with Gasteiger partial charge in [0, 0.05) is 19.6 Å². The molecule has 0 aliphatic carbocycles. The number of nitrogens with zero attached hydrogens (tertiary/aromatic N) is 1. The Morgan fingerprint density at radius 3 is 2.50 bits per heavy atom. The van der Waals surface area contributed by atoms with Gasteiger partial charge in [0.1, 0.15) is 5.72 Å². The van der Waals surface area contributed by atoms with Crippen LogP contribution < -0.4 is 0 Å². The number of likely N-dealkylation sites (tertiary alicyclic amines) is 1. The maximum Gasteiger partial charge on any atom is 0.225 e. The van der Waals surface area contributed by atoms with Gasteiger partial charge in [-0.1, -0.05) is 0 Å². The van der Waals surface area contributed by atoms with Gasteiger partial charge in [-0.2, -0.15) is 0 Å². The molecule has 1 heterocycles. The standard InChI is InChI=1S/C9H17NO2/c1-7-5-6-8(11)10(7)9(2,3)12-4/h7H,5-6H2,1-4H3. The SMILES string of the molecule is COC(C)(C)N1C(=O)CCC1C. The van der Waals surface area contributed by atoms with Crippen molar-refractivity contribution < 1.29 is 9.53 Å². The van der Waals surface area contributed by atoms with E-state index in [1.165, 1.54) is 0 Å². The molecular formula is C9H17NO2. The van der Waals surface area contributed by atoms with Gasteiger partial charge in [-0.15, -0.1) is 0 Å². The quantitative estimate of drug-likeness (QED) is 0.628. The van der Waals surface area contributed by atoms with Gasteiger partial charge in [-0.25, -0.2) is 0 Å². The van der Waals surface area contributed by atoms with E-state index in [0.29, 0.717) is 12.5 Å². The Bertz CT molecular complexity index is 189. The minimum Gasteiger partial charge on any atom is -0.359 e. The number of methoxy groups -OCH3 is 1. The number of hydrogen-bond donors (Lipinski definition) is 0. The molecule has 1 saturated heterocycles. The van der Waals surface area contributed by atoms with E-state index < -0.39 is 5.72 Å². The van der Waals surface area contributed by atoms with Gasteiger partial charge in [-0.3, -0.25) is 4.79 Å². The first-order chi connectivity index (χ1) is 5.49.